The second-order valence-corrected chi connectivity index (χ2v) is 2.92. The van der Waals surface area contributed by atoms with Gasteiger partial charge < -0.3 is 0 Å². The molecule has 0 N–H and O–H groups in total. The van der Waals surface area contributed by atoms with Crippen LogP contribution in [0.5, 0.6) is 0 Å². The van der Waals surface area contributed by atoms with E-state index in [0.29, 0.717) is 0 Å². The highest BCUT2D eigenvalue weighted by molar-refractivity contribution is 5.81. The van der Waals surface area contributed by atoms with E-state index in [2.05, 4.69) is 18.2 Å². The molecule has 78 valence electrons. The molecule has 0 aliphatic heterocycles. The van der Waals surface area contributed by atoms with Crippen LogP contribution < -0.4 is 0 Å². The smallest absolute Gasteiger partial charge is 0.0302 e. The fourth-order valence-corrected chi connectivity index (χ4v) is 1.48. The molecule has 0 saturated heterocycles. The first kappa shape index (κ1) is 12.9. The van der Waals surface area contributed by atoms with Gasteiger partial charge in [-0.05, 0) is 36.8 Å². The quantitative estimate of drug-likeness (QED) is 0.590. The van der Waals surface area contributed by atoms with Gasteiger partial charge in [-0.25, -0.2) is 0 Å². The van der Waals surface area contributed by atoms with E-state index in [9.17, 15) is 0 Å². The van der Waals surface area contributed by atoms with E-state index in [-0.39, 0.29) is 0 Å². The van der Waals surface area contributed by atoms with Crippen LogP contribution in [0.3, 0.4) is 0 Å². The second kappa shape index (κ2) is 8.49. The predicted molar refractivity (Wildman–Crippen MR) is 65.7 cm³/mol. The zero-order valence-corrected chi connectivity index (χ0v) is 9.42. The van der Waals surface area contributed by atoms with Gasteiger partial charge in [0.15, 0.2) is 0 Å². The van der Waals surface area contributed by atoms with Crippen molar-refractivity contribution in [2.24, 2.45) is 4.99 Å². The lowest BCUT2D eigenvalue weighted by molar-refractivity contribution is 0.700. The van der Waals surface area contributed by atoms with Crippen molar-refractivity contribution in [2.75, 3.05) is 0 Å². The molecule has 1 aliphatic rings. The highest BCUT2D eigenvalue weighted by Crippen LogP contribution is 2.23. The topological polar surface area (TPSA) is 12.4 Å². The summed E-state index contributed by atoms with van der Waals surface area (Å²) >= 11 is 0. The maximum atomic E-state index is 4.03. The van der Waals surface area contributed by atoms with Crippen molar-refractivity contribution in [3.8, 4) is 0 Å². The lowest BCUT2D eigenvalue weighted by Crippen LogP contribution is -1.98. The van der Waals surface area contributed by atoms with Crippen molar-refractivity contribution >= 4 is 6.21 Å². The van der Waals surface area contributed by atoms with E-state index in [1.165, 1.54) is 24.0 Å². The molecular weight excluding hydrogens is 170 g/mol. The molecule has 1 aliphatic carbocycles. The Bertz CT molecular complexity index is 234. The number of aliphatic imine (C=N–C) groups is 1. The standard InChI is InChI=1S/C11H15N.C2H6/c1-3-10-7-5-6-8-11(10)9-12-4-2;1-2/h3-4,9H,1-2,5-8H2;1-2H3. The molecule has 1 nitrogen and oxygen atoms in total. The summed E-state index contributed by atoms with van der Waals surface area (Å²) in [6, 6.07) is 0. The zero-order valence-electron chi connectivity index (χ0n) is 9.42. The average molecular weight is 191 g/mol. The van der Waals surface area contributed by atoms with Gasteiger partial charge in [-0.2, -0.15) is 0 Å². The molecule has 0 fully saturated rings. The minimum Gasteiger partial charge on any atom is -0.265 e. The van der Waals surface area contributed by atoms with Crippen LogP contribution in [0.15, 0.2) is 41.6 Å². The fourth-order valence-electron chi connectivity index (χ4n) is 1.48. The Morgan fingerprint density at radius 1 is 1.07 bits per heavy atom. The summed E-state index contributed by atoms with van der Waals surface area (Å²) in [6.07, 6.45) is 10.3. The average Bonchev–Trinajstić information content (AvgIpc) is 2.29. The van der Waals surface area contributed by atoms with Crippen LogP contribution in [0, 0.1) is 0 Å². The first-order valence-electron chi connectivity index (χ1n) is 5.37. The predicted octanol–water partition coefficient (Wildman–Crippen LogP) is 4.28. The second-order valence-electron chi connectivity index (χ2n) is 2.92. The number of allylic oxidation sites excluding steroid dienone is 3. The molecule has 1 rings (SSSR count). The van der Waals surface area contributed by atoms with Gasteiger partial charge >= 0.3 is 0 Å². The molecule has 0 radical (unpaired) electrons. The number of hydrogen-bond acceptors (Lipinski definition) is 1. The molecule has 1 heteroatoms. The molecule has 0 spiro atoms. The van der Waals surface area contributed by atoms with Crippen LogP contribution in [0.2, 0.25) is 0 Å². The zero-order chi connectivity index (χ0) is 10.8. The Balaban J connectivity index is 0.000000791. The van der Waals surface area contributed by atoms with E-state index in [1.807, 2.05) is 26.1 Å². The maximum Gasteiger partial charge on any atom is 0.0302 e. The van der Waals surface area contributed by atoms with E-state index in [0.717, 1.165) is 12.8 Å². The van der Waals surface area contributed by atoms with Crippen LogP contribution in [-0.2, 0) is 0 Å². The van der Waals surface area contributed by atoms with Crippen molar-refractivity contribution in [1.82, 2.24) is 0 Å². The lowest BCUT2D eigenvalue weighted by Gasteiger charge is -2.13. The fraction of sp³-hybridized carbons (Fsp3) is 0.462. The third-order valence-electron chi connectivity index (χ3n) is 2.14. The Hall–Kier alpha value is -1.11. The monoisotopic (exact) mass is 191 g/mol. The third-order valence-corrected chi connectivity index (χ3v) is 2.14. The van der Waals surface area contributed by atoms with Crippen LogP contribution in [0.4, 0.5) is 0 Å². The van der Waals surface area contributed by atoms with Gasteiger partial charge in [0, 0.05) is 12.4 Å². The van der Waals surface area contributed by atoms with E-state index in [1.54, 1.807) is 6.20 Å². The summed E-state index contributed by atoms with van der Waals surface area (Å²) in [6.45, 7) is 11.3. The van der Waals surface area contributed by atoms with Crippen LogP contribution in [-0.4, -0.2) is 6.21 Å². The lowest BCUT2D eigenvalue weighted by atomic mass is 9.92. The van der Waals surface area contributed by atoms with Gasteiger partial charge in [0.25, 0.3) is 0 Å². The highest BCUT2D eigenvalue weighted by atomic mass is 14.7. The first-order valence-corrected chi connectivity index (χ1v) is 5.37. The maximum absolute atomic E-state index is 4.03. The molecule has 0 heterocycles. The Kier molecular flexibility index (Phi) is 7.81. The minimum atomic E-state index is 1.14. The van der Waals surface area contributed by atoms with E-state index < -0.39 is 0 Å². The van der Waals surface area contributed by atoms with Crippen molar-refractivity contribution in [2.45, 2.75) is 39.5 Å². The Labute approximate surface area is 87.9 Å². The van der Waals surface area contributed by atoms with Gasteiger partial charge in [0.05, 0.1) is 0 Å². The van der Waals surface area contributed by atoms with Crippen molar-refractivity contribution in [3.63, 3.8) is 0 Å². The van der Waals surface area contributed by atoms with Gasteiger partial charge in [-0.3, -0.25) is 4.99 Å². The summed E-state index contributed by atoms with van der Waals surface area (Å²) in [4.78, 5) is 4.03. The summed E-state index contributed by atoms with van der Waals surface area (Å²) in [5.74, 6) is 0. The van der Waals surface area contributed by atoms with Gasteiger partial charge in [-0.1, -0.05) is 33.1 Å². The van der Waals surface area contributed by atoms with Gasteiger partial charge in [-0.15, -0.1) is 0 Å². The van der Waals surface area contributed by atoms with Crippen LogP contribution in [0.25, 0.3) is 0 Å². The molecule has 0 unspecified atom stereocenters. The van der Waals surface area contributed by atoms with Crippen molar-refractivity contribution < 1.29 is 0 Å². The van der Waals surface area contributed by atoms with Crippen molar-refractivity contribution in [1.29, 1.82) is 0 Å². The molecule has 0 aromatic carbocycles. The normalized spacial score (nSPS) is 16.1. The SMILES string of the molecule is C=CN=CC1=C(C=C)CCCC1.CC. The largest absolute Gasteiger partial charge is 0.265 e. The van der Waals surface area contributed by atoms with Crippen LogP contribution in [0.1, 0.15) is 39.5 Å². The molecular formula is C13H21N. The first-order chi connectivity index (χ1) is 6.88. The Morgan fingerprint density at radius 2 is 1.64 bits per heavy atom. The van der Waals surface area contributed by atoms with E-state index in [4.69, 9.17) is 0 Å². The summed E-state index contributed by atoms with van der Waals surface area (Å²) in [5.41, 5.74) is 2.68. The van der Waals surface area contributed by atoms with Crippen LogP contribution >= 0.6 is 0 Å². The molecule has 0 amide bonds. The molecule has 0 aromatic heterocycles. The summed E-state index contributed by atoms with van der Waals surface area (Å²) < 4.78 is 0. The van der Waals surface area contributed by atoms with E-state index >= 15 is 0 Å². The molecule has 0 aromatic rings. The number of nitrogens with zero attached hydrogens (tertiary/aromatic N) is 1. The Morgan fingerprint density at radius 3 is 2.14 bits per heavy atom. The van der Waals surface area contributed by atoms with Gasteiger partial charge in [0.2, 0.25) is 0 Å². The number of rotatable bonds is 3. The molecule has 0 atom stereocenters. The molecule has 0 saturated carbocycles. The number of hydrogen-bond donors (Lipinski definition) is 0. The van der Waals surface area contributed by atoms with Gasteiger partial charge in [0.1, 0.15) is 0 Å². The van der Waals surface area contributed by atoms with Crippen molar-refractivity contribution in [3.05, 3.63) is 36.6 Å². The summed E-state index contributed by atoms with van der Waals surface area (Å²) in [7, 11) is 0. The minimum absolute atomic E-state index is 1.14. The summed E-state index contributed by atoms with van der Waals surface area (Å²) in [5, 5.41) is 0. The molecule has 14 heavy (non-hydrogen) atoms. The highest BCUT2D eigenvalue weighted by Gasteiger charge is 2.07. The third kappa shape index (κ3) is 4.22. The molecule has 0 bridgehead atoms.